The quantitative estimate of drug-likeness (QED) is 0.366. The zero-order valence-electron chi connectivity index (χ0n) is 20.9. The second-order valence-electron chi connectivity index (χ2n) is 8.67. The van der Waals surface area contributed by atoms with Crippen molar-refractivity contribution < 1.29 is 38.5 Å². The van der Waals surface area contributed by atoms with Crippen molar-refractivity contribution in [3.63, 3.8) is 0 Å². The standard InChI is InChI=1S/C22H27N3O3S.C4H4O4.H2O/c26-22(18-23-14-16-24(17-15-23)20-6-2-1-3-7-20)19-8-10-21(11-9-19)29(27,28)25-12-4-5-13-25;5-3(6)1-2-4(7)8;/h1-3,6-11H,4-5,12-18H2;1-2H,(H,5,6)(H,7,8);1H2/b;2-1-;. The molecule has 0 aliphatic carbocycles. The number of carbonyl (C=O) groups is 3. The highest BCUT2D eigenvalue weighted by Gasteiger charge is 2.27. The Labute approximate surface area is 221 Å². The summed E-state index contributed by atoms with van der Waals surface area (Å²) in [4.78, 5) is 36.5. The van der Waals surface area contributed by atoms with Crippen molar-refractivity contribution >= 4 is 33.4 Å². The lowest BCUT2D eigenvalue weighted by molar-refractivity contribution is -0.134. The molecule has 0 radical (unpaired) electrons. The molecule has 206 valence electrons. The van der Waals surface area contributed by atoms with Gasteiger partial charge in [0.05, 0.1) is 11.4 Å². The number of Topliss-reactive ketones (excluding diaryl/α,β-unsaturated/α-hetero) is 1. The van der Waals surface area contributed by atoms with Crippen molar-refractivity contribution in [1.82, 2.24) is 9.21 Å². The van der Waals surface area contributed by atoms with Crippen LogP contribution in [0.5, 0.6) is 0 Å². The number of carbonyl (C=O) groups excluding carboxylic acids is 1. The highest BCUT2D eigenvalue weighted by Crippen LogP contribution is 2.21. The lowest BCUT2D eigenvalue weighted by atomic mass is 10.1. The SMILES string of the molecule is O.O=C(CN1CCN(c2ccccc2)CC1)c1ccc(S(=O)(=O)N2CCCC2)cc1.O=C(O)/C=C\C(=O)O. The molecule has 0 spiro atoms. The summed E-state index contributed by atoms with van der Waals surface area (Å²) < 4.78 is 26.7. The average molecular weight is 548 g/mol. The van der Waals surface area contributed by atoms with Crippen molar-refractivity contribution in [2.75, 3.05) is 50.7 Å². The fourth-order valence-electron chi connectivity index (χ4n) is 4.13. The smallest absolute Gasteiger partial charge is 0.328 e. The van der Waals surface area contributed by atoms with Crippen molar-refractivity contribution in [1.29, 1.82) is 0 Å². The Morgan fingerprint density at radius 1 is 0.763 bits per heavy atom. The van der Waals surface area contributed by atoms with Crippen LogP contribution in [-0.4, -0.2) is 96.8 Å². The van der Waals surface area contributed by atoms with E-state index in [2.05, 4.69) is 21.9 Å². The molecule has 4 N–H and O–H groups in total. The second kappa shape index (κ2) is 14.4. The van der Waals surface area contributed by atoms with Crippen LogP contribution in [0.2, 0.25) is 0 Å². The summed E-state index contributed by atoms with van der Waals surface area (Å²) in [7, 11) is -3.43. The van der Waals surface area contributed by atoms with E-state index in [1.54, 1.807) is 24.3 Å². The minimum atomic E-state index is -3.43. The molecule has 0 unspecified atom stereocenters. The van der Waals surface area contributed by atoms with Crippen LogP contribution in [0.25, 0.3) is 0 Å². The maximum absolute atomic E-state index is 12.7. The summed E-state index contributed by atoms with van der Waals surface area (Å²) in [6, 6.07) is 16.7. The molecule has 2 saturated heterocycles. The number of hydrogen-bond donors (Lipinski definition) is 2. The lowest BCUT2D eigenvalue weighted by Crippen LogP contribution is -2.48. The average Bonchev–Trinajstić information content (AvgIpc) is 3.45. The predicted octanol–water partition coefficient (Wildman–Crippen LogP) is 1.36. The van der Waals surface area contributed by atoms with Gasteiger partial charge in [0.2, 0.25) is 10.0 Å². The van der Waals surface area contributed by atoms with Crippen LogP contribution in [0.3, 0.4) is 0 Å². The number of nitrogens with zero attached hydrogens (tertiary/aromatic N) is 3. The number of hydrogen-bond acceptors (Lipinski definition) is 7. The van der Waals surface area contributed by atoms with E-state index in [1.807, 2.05) is 18.2 Å². The Hall–Kier alpha value is -3.58. The topological polar surface area (TPSA) is 167 Å². The zero-order chi connectivity index (χ0) is 26.8. The number of anilines is 1. The van der Waals surface area contributed by atoms with E-state index < -0.39 is 22.0 Å². The van der Waals surface area contributed by atoms with Gasteiger partial charge in [-0.05, 0) is 37.1 Å². The third kappa shape index (κ3) is 8.77. The third-order valence-electron chi connectivity index (χ3n) is 6.11. The van der Waals surface area contributed by atoms with Gasteiger partial charge in [0.25, 0.3) is 0 Å². The molecule has 0 amide bonds. The van der Waals surface area contributed by atoms with Crippen LogP contribution in [0.1, 0.15) is 23.2 Å². The fraction of sp³-hybridized carbons (Fsp3) is 0.346. The van der Waals surface area contributed by atoms with E-state index in [4.69, 9.17) is 10.2 Å². The Morgan fingerprint density at radius 3 is 1.79 bits per heavy atom. The van der Waals surface area contributed by atoms with Gasteiger partial charge in [0.1, 0.15) is 0 Å². The number of benzene rings is 2. The van der Waals surface area contributed by atoms with Gasteiger partial charge < -0.3 is 20.6 Å². The van der Waals surface area contributed by atoms with Crippen LogP contribution in [-0.2, 0) is 19.6 Å². The predicted molar refractivity (Wildman–Crippen MR) is 142 cm³/mol. The number of sulfonamides is 1. The van der Waals surface area contributed by atoms with Gasteiger partial charge in [-0.1, -0.05) is 30.3 Å². The van der Waals surface area contributed by atoms with Crippen LogP contribution < -0.4 is 4.90 Å². The number of carboxylic acids is 2. The Kier molecular flexibility index (Phi) is 11.6. The Balaban J connectivity index is 0.000000493. The summed E-state index contributed by atoms with van der Waals surface area (Å²) in [6.07, 6.45) is 2.94. The molecule has 4 rings (SSSR count). The Bertz CT molecular complexity index is 1190. The van der Waals surface area contributed by atoms with E-state index in [9.17, 15) is 22.8 Å². The van der Waals surface area contributed by atoms with Crippen molar-refractivity contribution in [3.8, 4) is 0 Å². The zero-order valence-corrected chi connectivity index (χ0v) is 21.7. The summed E-state index contributed by atoms with van der Waals surface area (Å²) in [6.45, 7) is 4.98. The fourth-order valence-corrected chi connectivity index (χ4v) is 5.65. The second-order valence-corrected chi connectivity index (χ2v) is 10.6. The number of ketones is 1. The highest BCUT2D eigenvalue weighted by molar-refractivity contribution is 7.89. The summed E-state index contributed by atoms with van der Waals surface area (Å²) >= 11 is 0. The molecule has 2 aromatic carbocycles. The Morgan fingerprint density at radius 2 is 1.29 bits per heavy atom. The van der Waals surface area contributed by atoms with E-state index in [0.717, 1.165) is 39.0 Å². The molecule has 0 saturated carbocycles. The van der Waals surface area contributed by atoms with Gasteiger partial charge in [0, 0.05) is 62.7 Å². The summed E-state index contributed by atoms with van der Waals surface area (Å²) in [5, 5.41) is 15.6. The minimum Gasteiger partial charge on any atom is -0.478 e. The number of aliphatic carboxylic acids is 2. The van der Waals surface area contributed by atoms with Crippen LogP contribution in [0.4, 0.5) is 5.69 Å². The number of para-hydroxylation sites is 1. The van der Waals surface area contributed by atoms with Crippen LogP contribution in [0, 0.1) is 0 Å². The molecule has 2 heterocycles. The van der Waals surface area contributed by atoms with E-state index >= 15 is 0 Å². The molecule has 2 aliphatic rings. The first-order valence-electron chi connectivity index (χ1n) is 12.0. The highest BCUT2D eigenvalue weighted by atomic mass is 32.2. The first-order chi connectivity index (χ1) is 17.7. The minimum absolute atomic E-state index is 0. The van der Waals surface area contributed by atoms with Gasteiger partial charge in [-0.25, -0.2) is 18.0 Å². The largest absolute Gasteiger partial charge is 0.478 e. The van der Waals surface area contributed by atoms with Crippen LogP contribution >= 0.6 is 0 Å². The van der Waals surface area contributed by atoms with Gasteiger partial charge >= 0.3 is 11.9 Å². The van der Waals surface area contributed by atoms with Gasteiger partial charge in [-0.2, -0.15) is 4.31 Å². The molecular formula is C26H33N3O8S. The maximum Gasteiger partial charge on any atom is 0.328 e. The number of carboxylic acid groups (broad SMARTS) is 2. The molecule has 0 atom stereocenters. The third-order valence-corrected chi connectivity index (χ3v) is 8.02. The first-order valence-corrected chi connectivity index (χ1v) is 13.4. The summed E-state index contributed by atoms with van der Waals surface area (Å²) in [5.41, 5.74) is 1.78. The lowest BCUT2D eigenvalue weighted by Gasteiger charge is -2.35. The van der Waals surface area contributed by atoms with Gasteiger partial charge in [-0.15, -0.1) is 0 Å². The van der Waals surface area contributed by atoms with Crippen molar-refractivity contribution in [2.24, 2.45) is 0 Å². The van der Waals surface area contributed by atoms with E-state index in [-0.39, 0.29) is 16.2 Å². The molecule has 0 aromatic heterocycles. The molecule has 2 fully saturated rings. The molecule has 12 heteroatoms. The van der Waals surface area contributed by atoms with Crippen LogP contribution in [0.15, 0.2) is 71.6 Å². The molecule has 2 aromatic rings. The van der Waals surface area contributed by atoms with Gasteiger partial charge in [0.15, 0.2) is 5.78 Å². The van der Waals surface area contributed by atoms with E-state index in [0.29, 0.717) is 37.3 Å². The normalized spacial score (nSPS) is 16.4. The molecule has 11 nitrogen and oxygen atoms in total. The first kappa shape index (κ1) is 30.6. The van der Waals surface area contributed by atoms with Crippen molar-refractivity contribution in [3.05, 3.63) is 72.3 Å². The molecule has 0 bridgehead atoms. The molecule has 38 heavy (non-hydrogen) atoms. The maximum atomic E-state index is 12.7. The monoisotopic (exact) mass is 547 g/mol. The van der Waals surface area contributed by atoms with E-state index in [1.165, 1.54) is 9.99 Å². The molecular weight excluding hydrogens is 514 g/mol. The summed E-state index contributed by atoms with van der Waals surface area (Å²) in [5.74, 6) is -2.48. The number of piperazine rings is 1. The van der Waals surface area contributed by atoms with Gasteiger partial charge in [-0.3, -0.25) is 9.69 Å². The molecule has 2 aliphatic heterocycles. The van der Waals surface area contributed by atoms with Crippen molar-refractivity contribution in [2.45, 2.75) is 17.7 Å². The number of rotatable bonds is 8.